The van der Waals surface area contributed by atoms with Gasteiger partial charge in [0.15, 0.2) is 0 Å². The number of hydrogen-bond acceptors (Lipinski definition) is 4. The van der Waals surface area contributed by atoms with Crippen LogP contribution in [0.4, 0.5) is 0 Å². The van der Waals surface area contributed by atoms with E-state index in [0.29, 0.717) is 0 Å². The first-order chi connectivity index (χ1) is 5.24. The summed E-state index contributed by atoms with van der Waals surface area (Å²) in [6, 6.07) is 0. The third kappa shape index (κ3) is 4.23. The molecule has 0 amide bonds. The Kier molecular flexibility index (Phi) is 3.57. The highest BCUT2D eigenvalue weighted by molar-refractivity contribution is 7.90. The van der Waals surface area contributed by atoms with Crippen molar-refractivity contribution in [3.8, 4) is 0 Å². The van der Waals surface area contributed by atoms with Gasteiger partial charge in [0.2, 0.25) is 0 Å². The van der Waals surface area contributed by atoms with Crippen molar-refractivity contribution in [3.63, 3.8) is 0 Å². The van der Waals surface area contributed by atoms with Crippen LogP contribution in [0.1, 0.15) is 13.8 Å². The summed E-state index contributed by atoms with van der Waals surface area (Å²) in [4.78, 5) is 21.6. The molecule has 0 fully saturated rings. The van der Waals surface area contributed by atoms with E-state index < -0.39 is 27.3 Å². The molecule has 0 unspecified atom stereocenters. The Hall–Kier alpha value is -0.710. The molecule has 12 heavy (non-hydrogen) atoms. The van der Waals surface area contributed by atoms with Crippen LogP contribution in [0.2, 0.25) is 0 Å². The molecule has 0 spiro atoms. The van der Waals surface area contributed by atoms with E-state index in [2.05, 4.69) is 0 Å². The van der Waals surface area contributed by atoms with Crippen molar-refractivity contribution >= 4 is 21.4 Å². The Balaban J connectivity index is 4.58. The average molecular weight is 192 g/mol. The summed E-state index contributed by atoms with van der Waals surface area (Å²) in [6.07, 6.45) is 1.01. The van der Waals surface area contributed by atoms with Crippen molar-refractivity contribution in [1.82, 2.24) is 0 Å². The maximum Gasteiger partial charge on any atom is 0.148 e. The van der Waals surface area contributed by atoms with Crippen LogP contribution in [-0.4, -0.2) is 32.0 Å². The summed E-state index contributed by atoms with van der Waals surface area (Å²) >= 11 is 0. The summed E-state index contributed by atoms with van der Waals surface area (Å²) < 4.78 is 21.5. The van der Waals surface area contributed by atoms with Gasteiger partial charge in [-0.05, 0) is 13.8 Å². The normalized spacial score (nSPS) is 11.7. The van der Waals surface area contributed by atoms with Gasteiger partial charge in [-0.25, -0.2) is 8.42 Å². The van der Waals surface area contributed by atoms with E-state index in [0.717, 1.165) is 6.26 Å². The zero-order valence-corrected chi connectivity index (χ0v) is 8.14. The Morgan fingerprint density at radius 3 is 1.58 bits per heavy atom. The highest BCUT2D eigenvalue weighted by atomic mass is 32.2. The molecular formula is C7H12O4S. The number of rotatable bonds is 4. The minimum Gasteiger partial charge on any atom is -0.299 e. The Labute approximate surface area is 71.9 Å². The molecule has 0 bridgehead atoms. The molecule has 0 aromatic carbocycles. The standard InChI is InChI=1S/C7H12O4S/c1-5(8)7(6(2)9)4-12(3,10)11/h7H,4H2,1-3H3. The molecule has 0 saturated carbocycles. The number of hydrogen-bond donors (Lipinski definition) is 0. The zero-order chi connectivity index (χ0) is 9.94. The van der Waals surface area contributed by atoms with Gasteiger partial charge in [-0.2, -0.15) is 0 Å². The Morgan fingerprint density at radius 2 is 1.50 bits per heavy atom. The molecule has 0 rings (SSSR count). The maximum absolute atomic E-state index is 10.8. The van der Waals surface area contributed by atoms with Crippen molar-refractivity contribution in [2.75, 3.05) is 12.0 Å². The van der Waals surface area contributed by atoms with Crippen LogP contribution in [0.25, 0.3) is 0 Å². The SMILES string of the molecule is CC(=O)C(CS(C)(=O)=O)C(C)=O. The Morgan fingerprint density at radius 1 is 1.17 bits per heavy atom. The van der Waals surface area contributed by atoms with Crippen molar-refractivity contribution in [3.05, 3.63) is 0 Å². The number of carbonyl (C=O) groups is 2. The summed E-state index contributed by atoms with van der Waals surface area (Å²) in [6.45, 7) is 2.44. The molecule has 70 valence electrons. The summed E-state index contributed by atoms with van der Waals surface area (Å²) in [5, 5.41) is 0. The summed E-state index contributed by atoms with van der Waals surface area (Å²) in [5.41, 5.74) is 0. The lowest BCUT2D eigenvalue weighted by molar-refractivity contribution is -0.129. The number of ketones is 2. The molecule has 0 aliphatic heterocycles. The van der Waals surface area contributed by atoms with Crippen LogP contribution in [0.5, 0.6) is 0 Å². The van der Waals surface area contributed by atoms with E-state index in [1.54, 1.807) is 0 Å². The maximum atomic E-state index is 10.8. The second-order valence-corrected chi connectivity index (χ2v) is 5.05. The smallest absolute Gasteiger partial charge is 0.148 e. The summed E-state index contributed by atoms with van der Waals surface area (Å²) in [5.74, 6) is -2.15. The molecule has 0 saturated heterocycles. The molecular weight excluding hydrogens is 180 g/mol. The van der Waals surface area contributed by atoms with Gasteiger partial charge in [0.25, 0.3) is 0 Å². The molecule has 0 aliphatic rings. The van der Waals surface area contributed by atoms with Gasteiger partial charge in [-0.15, -0.1) is 0 Å². The van der Waals surface area contributed by atoms with Gasteiger partial charge in [0, 0.05) is 6.26 Å². The van der Waals surface area contributed by atoms with Crippen LogP contribution in [0, 0.1) is 5.92 Å². The third-order valence-electron chi connectivity index (χ3n) is 1.45. The molecule has 4 nitrogen and oxygen atoms in total. The predicted octanol–water partition coefficient (Wildman–Crippen LogP) is -0.175. The van der Waals surface area contributed by atoms with E-state index in [9.17, 15) is 18.0 Å². The number of carbonyl (C=O) groups excluding carboxylic acids is 2. The van der Waals surface area contributed by atoms with Crippen molar-refractivity contribution < 1.29 is 18.0 Å². The van der Waals surface area contributed by atoms with Crippen LogP contribution < -0.4 is 0 Å². The van der Waals surface area contributed by atoms with Gasteiger partial charge in [-0.3, -0.25) is 9.59 Å². The topological polar surface area (TPSA) is 68.3 Å². The van der Waals surface area contributed by atoms with E-state index >= 15 is 0 Å². The fourth-order valence-corrected chi connectivity index (χ4v) is 1.90. The second-order valence-electron chi connectivity index (χ2n) is 2.87. The van der Waals surface area contributed by atoms with Crippen molar-refractivity contribution in [2.24, 2.45) is 5.92 Å². The number of Topliss-reactive ketones (excluding diaryl/α,β-unsaturated/α-hetero) is 2. The predicted molar refractivity (Wildman–Crippen MR) is 44.6 cm³/mol. The van der Waals surface area contributed by atoms with Crippen LogP contribution >= 0.6 is 0 Å². The molecule has 0 aromatic rings. The van der Waals surface area contributed by atoms with E-state index in [1.165, 1.54) is 13.8 Å². The van der Waals surface area contributed by atoms with Crippen LogP contribution in [0.3, 0.4) is 0 Å². The third-order valence-corrected chi connectivity index (χ3v) is 2.39. The largest absolute Gasteiger partial charge is 0.299 e. The minimum atomic E-state index is -3.26. The van der Waals surface area contributed by atoms with Crippen molar-refractivity contribution in [1.29, 1.82) is 0 Å². The van der Waals surface area contributed by atoms with Gasteiger partial charge < -0.3 is 0 Å². The molecule has 0 N–H and O–H groups in total. The van der Waals surface area contributed by atoms with E-state index in [4.69, 9.17) is 0 Å². The second kappa shape index (κ2) is 3.80. The fraction of sp³-hybridized carbons (Fsp3) is 0.714. The number of sulfone groups is 1. The van der Waals surface area contributed by atoms with Crippen LogP contribution in [0.15, 0.2) is 0 Å². The molecule has 0 atom stereocenters. The molecule has 0 heterocycles. The van der Waals surface area contributed by atoms with Gasteiger partial charge in [0.1, 0.15) is 21.4 Å². The molecule has 0 aliphatic carbocycles. The highest BCUT2D eigenvalue weighted by Gasteiger charge is 2.23. The summed E-state index contributed by atoms with van der Waals surface area (Å²) in [7, 11) is -3.26. The fourth-order valence-electron chi connectivity index (χ4n) is 0.824. The van der Waals surface area contributed by atoms with Gasteiger partial charge in [-0.1, -0.05) is 0 Å². The lowest BCUT2D eigenvalue weighted by Gasteiger charge is -2.07. The van der Waals surface area contributed by atoms with E-state index in [1.807, 2.05) is 0 Å². The quantitative estimate of drug-likeness (QED) is 0.580. The molecule has 0 radical (unpaired) electrons. The van der Waals surface area contributed by atoms with Crippen molar-refractivity contribution in [2.45, 2.75) is 13.8 Å². The minimum absolute atomic E-state index is 0.377. The lowest BCUT2D eigenvalue weighted by Crippen LogP contribution is -2.27. The van der Waals surface area contributed by atoms with Gasteiger partial charge >= 0.3 is 0 Å². The van der Waals surface area contributed by atoms with Gasteiger partial charge in [0.05, 0.1) is 11.7 Å². The zero-order valence-electron chi connectivity index (χ0n) is 7.33. The average Bonchev–Trinajstić information content (AvgIpc) is 1.79. The van der Waals surface area contributed by atoms with Crippen LogP contribution in [-0.2, 0) is 19.4 Å². The first-order valence-corrected chi connectivity index (χ1v) is 5.48. The Bertz CT molecular complexity index is 275. The monoisotopic (exact) mass is 192 g/mol. The molecule has 0 aromatic heterocycles. The lowest BCUT2D eigenvalue weighted by atomic mass is 10.0. The first-order valence-electron chi connectivity index (χ1n) is 3.42. The first kappa shape index (κ1) is 11.3. The van der Waals surface area contributed by atoms with E-state index in [-0.39, 0.29) is 5.75 Å². The molecule has 5 heteroatoms. The highest BCUT2D eigenvalue weighted by Crippen LogP contribution is 2.03.